The van der Waals surface area contributed by atoms with E-state index in [-0.39, 0.29) is 18.1 Å². The quantitative estimate of drug-likeness (QED) is 0.0678. The van der Waals surface area contributed by atoms with Crippen LogP contribution >= 0.6 is 0 Å². The van der Waals surface area contributed by atoms with Crippen LogP contribution in [0.3, 0.4) is 0 Å². The molecule has 14 N–H and O–H groups in total. The Morgan fingerprint density at radius 3 is 1.97 bits per heavy atom. The molecule has 0 bridgehead atoms. The van der Waals surface area contributed by atoms with Crippen molar-refractivity contribution in [3.05, 3.63) is 29.8 Å². The van der Waals surface area contributed by atoms with Crippen molar-refractivity contribution in [2.75, 3.05) is 24.6 Å². The maximum atomic E-state index is 14.6. The third-order valence-electron chi connectivity index (χ3n) is 12.9. The molecule has 1 aromatic rings. The smallest absolute Gasteiger partial charge is 0.245 e. The van der Waals surface area contributed by atoms with E-state index in [0.717, 1.165) is 24.2 Å². The summed E-state index contributed by atoms with van der Waals surface area (Å²) in [4.78, 5) is 148. The number of hydrogen-bond acceptors (Lipinski definition) is 14. The van der Waals surface area contributed by atoms with Gasteiger partial charge < -0.3 is 64.4 Å². The van der Waals surface area contributed by atoms with Gasteiger partial charge in [-0.3, -0.25) is 52.7 Å². The van der Waals surface area contributed by atoms with E-state index in [1.165, 1.54) is 24.3 Å². The van der Waals surface area contributed by atoms with E-state index in [2.05, 4.69) is 37.2 Å². The highest BCUT2D eigenvalue weighted by Gasteiger charge is 2.41. The summed E-state index contributed by atoms with van der Waals surface area (Å²) in [5.74, 6) is -12.9. The highest BCUT2D eigenvalue weighted by atomic mass is 32.2. The summed E-state index contributed by atoms with van der Waals surface area (Å²) in [5, 5.41) is 27.3. The molecule has 2 aliphatic carbocycles. The molecule has 1 saturated heterocycles. The van der Waals surface area contributed by atoms with Gasteiger partial charge in [-0.05, 0) is 68.1 Å². The number of phenolic OH excluding ortho intramolecular Hbond substituents is 1. The predicted molar refractivity (Wildman–Crippen MR) is 256 cm³/mol. The summed E-state index contributed by atoms with van der Waals surface area (Å²) in [5.41, 5.74) is 16.6. The van der Waals surface area contributed by atoms with Crippen molar-refractivity contribution in [1.29, 1.82) is 0 Å². The summed E-state index contributed by atoms with van der Waals surface area (Å²) in [6.07, 6.45) is 1.42. The van der Waals surface area contributed by atoms with E-state index in [1.54, 1.807) is 13.8 Å². The van der Waals surface area contributed by atoms with Gasteiger partial charge in [-0.2, -0.15) is 0 Å². The molecule has 7 atom stereocenters. The zero-order chi connectivity index (χ0) is 53.3. The number of nitrogens with one attached hydrogen (secondary N) is 7. The summed E-state index contributed by atoms with van der Waals surface area (Å²) in [7, 11) is -4.28. The first-order valence-corrected chi connectivity index (χ1v) is 26.0. The molecule has 1 aromatic carbocycles. The van der Waals surface area contributed by atoms with Gasteiger partial charge in [0.05, 0.1) is 31.0 Å². The van der Waals surface area contributed by atoms with Crippen molar-refractivity contribution in [2.24, 2.45) is 29.0 Å². The van der Waals surface area contributed by atoms with Gasteiger partial charge in [0, 0.05) is 25.3 Å². The first kappa shape index (κ1) is 57.7. The number of sulfone groups is 1. The van der Waals surface area contributed by atoms with E-state index in [9.17, 15) is 66.3 Å². The zero-order valence-corrected chi connectivity index (χ0v) is 41.4. The molecule has 26 heteroatoms. The fourth-order valence-electron chi connectivity index (χ4n) is 8.47. The molecule has 11 amide bonds. The SMILES string of the molecule is CCC(C)[C@@H]1NC(=O)C(Cc2ccc(O)cc2)NC(=O)CCS(=O)(=O)CC[C@@H](C(=O)N(CC(=O)N[C@H](C(=O)NCC(N)=O)C2CCCCC2)C2CC2)NC(=O)[C@H](CC(N)=O)NC(=O)[C@H](CCC(N)=O)NC1=O. The highest BCUT2D eigenvalue weighted by molar-refractivity contribution is 7.91. The average molecular weight is 1030 g/mol. The van der Waals surface area contributed by atoms with E-state index < -0.39 is 180 Å². The molecule has 25 nitrogen and oxygen atoms in total. The average Bonchev–Trinajstić information content (AvgIpc) is 4.18. The lowest BCUT2D eigenvalue weighted by molar-refractivity contribution is -0.141. The molecule has 0 spiro atoms. The number of carbonyl (C=O) groups excluding carboxylic acids is 11. The van der Waals surface area contributed by atoms with Crippen LogP contribution in [0.4, 0.5) is 0 Å². The maximum absolute atomic E-state index is 14.6. The van der Waals surface area contributed by atoms with Crippen LogP contribution in [-0.4, -0.2) is 150 Å². The van der Waals surface area contributed by atoms with Gasteiger partial charge in [-0.15, -0.1) is 0 Å². The number of primary amides is 3. The molecule has 4 rings (SSSR count). The van der Waals surface area contributed by atoms with Crippen molar-refractivity contribution in [3.8, 4) is 5.75 Å². The number of aromatic hydroxyl groups is 1. The lowest BCUT2D eigenvalue weighted by atomic mass is 9.83. The Bertz CT molecular complexity index is 2290. The fraction of sp³-hybridized carbons (Fsp3) is 0.630. The normalized spacial score (nSPS) is 23.8. The Morgan fingerprint density at radius 1 is 0.750 bits per heavy atom. The Kier molecular flexibility index (Phi) is 21.7. The number of hydrogen-bond donors (Lipinski definition) is 11. The number of nitrogens with zero attached hydrogens (tertiary/aromatic N) is 1. The minimum atomic E-state index is -4.28. The molecule has 0 aromatic heterocycles. The van der Waals surface area contributed by atoms with Crippen LogP contribution in [0.5, 0.6) is 5.75 Å². The Morgan fingerprint density at radius 2 is 1.38 bits per heavy atom. The van der Waals surface area contributed by atoms with Gasteiger partial charge >= 0.3 is 0 Å². The Balaban J connectivity index is 1.72. The van der Waals surface area contributed by atoms with Crippen molar-refractivity contribution < 1.29 is 66.3 Å². The predicted octanol–water partition coefficient (Wildman–Crippen LogP) is -3.59. The lowest BCUT2D eigenvalue weighted by Gasteiger charge is -2.32. The fourth-order valence-corrected chi connectivity index (χ4v) is 9.77. The monoisotopic (exact) mass is 1030 g/mol. The molecular weight excluding hydrogens is 963 g/mol. The van der Waals surface area contributed by atoms with E-state index >= 15 is 0 Å². The minimum absolute atomic E-state index is 0.0871. The third kappa shape index (κ3) is 18.7. The maximum Gasteiger partial charge on any atom is 0.245 e. The first-order chi connectivity index (χ1) is 34.0. The van der Waals surface area contributed by atoms with Gasteiger partial charge in [-0.1, -0.05) is 51.7 Å². The molecule has 2 saturated carbocycles. The van der Waals surface area contributed by atoms with E-state index in [1.807, 2.05) is 0 Å². The third-order valence-corrected chi connectivity index (χ3v) is 14.6. The number of phenols is 1. The molecule has 3 fully saturated rings. The molecule has 3 aliphatic rings. The van der Waals surface area contributed by atoms with Crippen LogP contribution in [0.2, 0.25) is 0 Å². The molecule has 72 heavy (non-hydrogen) atoms. The Labute approximate surface area is 417 Å². The minimum Gasteiger partial charge on any atom is -0.508 e. The summed E-state index contributed by atoms with van der Waals surface area (Å²) in [6, 6.07) is -4.09. The molecule has 1 heterocycles. The summed E-state index contributed by atoms with van der Waals surface area (Å²) >= 11 is 0. The number of rotatable bonds is 18. The van der Waals surface area contributed by atoms with Crippen LogP contribution in [-0.2, 0) is 69.0 Å². The number of carbonyl (C=O) groups is 11. The molecular formula is C46H69N11O14S. The van der Waals surface area contributed by atoms with Crippen LogP contribution in [0, 0.1) is 11.8 Å². The standard InChI is InChI=1S/C46H69N11O14S/c1-3-25(2)39-45(68)52-30(15-16-34(47)59)41(64)54-33(22-35(48)60)42(65)53-31(17-19-72(70,71)20-18-37(62)51-32(43(66)56-39)21-26-9-13-29(58)14-10-26)46(69)57(28-11-12-28)24-38(63)55-40(27-7-5-4-6-8-27)44(67)50-23-36(49)61/h9-10,13-14,25,27-28,30-33,39-40,58H,3-8,11-12,15-24H2,1-2H3,(H2,47,59)(H2,48,60)(H2,49,61)(H,50,67)(H,51,62)(H,52,68)(H,53,65)(H,54,64)(H,55,63)(H,56,66)/t25?,30-,31-,32?,33-,39-,40-/m0/s1. The summed E-state index contributed by atoms with van der Waals surface area (Å²) in [6.45, 7) is 2.18. The Hall–Kier alpha value is -6.86. The van der Waals surface area contributed by atoms with Gasteiger partial charge in [0.25, 0.3) is 0 Å². The summed E-state index contributed by atoms with van der Waals surface area (Å²) < 4.78 is 27.3. The second-order valence-electron chi connectivity index (χ2n) is 18.7. The largest absolute Gasteiger partial charge is 0.508 e. The number of nitrogens with two attached hydrogens (primary N) is 3. The lowest BCUT2D eigenvalue weighted by Crippen LogP contribution is -2.61. The highest BCUT2D eigenvalue weighted by Crippen LogP contribution is 2.29. The van der Waals surface area contributed by atoms with Gasteiger partial charge in [0.15, 0.2) is 9.84 Å². The molecule has 1 aliphatic heterocycles. The molecule has 2 unspecified atom stereocenters. The van der Waals surface area contributed by atoms with Crippen LogP contribution in [0.15, 0.2) is 24.3 Å². The van der Waals surface area contributed by atoms with E-state index in [0.29, 0.717) is 37.7 Å². The van der Waals surface area contributed by atoms with Crippen molar-refractivity contribution >= 4 is 74.8 Å². The second-order valence-corrected chi connectivity index (χ2v) is 21.0. The number of benzene rings is 1. The zero-order valence-electron chi connectivity index (χ0n) is 40.6. The van der Waals surface area contributed by atoms with Crippen LogP contribution < -0.4 is 54.4 Å². The topological polar surface area (TPSA) is 408 Å². The molecule has 0 radical (unpaired) electrons. The van der Waals surface area contributed by atoms with Gasteiger partial charge in [0.1, 0.15) is 42.0 Å². The number of amides is 11. The van der Waals surface area contributed by atoms with Gasteiger partial charge in [0.2, 0.25) is 65.0 Å². The molecule has 398 valence electrons. The van der Waals surface area contributed by atoms with Crippen molar-refractivity contribution in [1.82, 2.24) is 42.1 Å². The van der Waals surface area contributed by atoms with Crippen molar-refractivity contribution in [3.63, 3.8) is 0 Å². The van der Waals surface area contributed by atoms with Crippen molar-refractivity contribution in [2.45, 2.75) is 146 Å². The van der Waals surface area contributed by atoms with E-state index in [4.69, 9.17) is 17.2 Å². The first-order valence-electron chi connectivity index (χ1n) is 24.2. The second kappa shape index (κ2) is 27.1. The van der Waals surface area contributed by atoms with Crippen LogP contribution in [0.25, 0.3) is 0 Å². The van der Waals surface area contributed by atoms with Crippen LogP contribution in [0.1, 0.15) is 103 Å². The van der Waals surface area contributed by atoms with Gasteiger partial charge in [-0.25, -0.2) is 8.42 Å².